The number of carbonyl (C=O) groups excluding carboxylic acids is 2. The van der Waals surface area contributed by atoms with Crippen LogP contribution in [-0.4, -0.2) is 11.8 Å². The highest BCUT2D eigenvalue weighted by molar-refractivity contribution is 6.31. The van der Waals surface area contributed by atoms with Crippen LogP contribution in [0.15, 0.2) is 78.9 Å². The van der Waals surface area contributed by atoms with E-state index in [0.717, 1.165) is 0 Å². The lowest BCUT2D eigenvalue weighted by Crippen LogP contribution is -2.16. The SMILES string of the molecule is O=C(Nc1ccc(Cl)cc1NC(=O)c1ccccc1)c1ccccc1. The number of hydrogen-bond acceptors (Lipinski definition) is 2. The van der Waals surface area contributed by atoms with Crippen LogP contribution in [0.3, 0.4) is 0 Å². The van der Waals surface area contributed by atoms with Crippen molar-refractivity contribution in [2.45, 2.75) is 0 Å². The molecule has 0 spiro atoms. The molecule has 0 unspecified atom stereocenters. The number of amides is 2. The fourth-order valence-electron chi connectivity index (χ4n) is 2.30. The van der Waals surface area contributed by atoms with E-state index in [9.17, 15) is 9.59 Å². The van der Waals surface area contributed by atoms with Crippen LogP contribution in [0.5, 0.6) is 0 Å². The molecule has 0 radical (unpaired) electrons. The number of halogens is 1. The average molecular weight is 351 g/mol. The van der Waals surface area contributed by atoms with Crippen molar-refractivity contribution in [3.63, 3.8) is 0 Å². The standard InChI is InChI=1S/C20H15ClN2O2/c21-16-11-12-17(22-19(24)14-7-3-1-4-8-14)18(13-16)23-20(25)15-9-5-2-6-10-15/h1-13H,(H,22,24)(H,23,25). The molecule has 3 aromatic rings. The van der Waals surface area contributed by atoms with Crippen LogP contribution < -0.4 is 10.6 Å². The molecule has 2 N–H and O–H groups in total. The summed E-state index contributed by atoms with van der Waals surface area (Å²) in [6.45, 7) is 0. The quantitative estimate of drug-likeness (QED) is 0.707. The minimum atomic E-state index is -0.280. The van der Waals surface area contributed by atoms with Gasteiger partial charge in [-0.15, -0.1) is 0 Å². The number of anilines is 2. The Kier molecular flexibility index (Phi) is 5.11. The van der Waals surface area contributed by atoms with Gasteiger partial charge in [0.15, 0.2) is 0 Å². The van der Waals surface area contributed by atoms with Crippen LogP contribution in [-0.2, 0) is 0 Å². The normalized spacial score (nSPS) is 10.1. The molecule has 0 heterocycles. The van der Waals surface area contributed by atoms with Gasteiger partial charge in [0, 0.05) is 16.1 Å². The largest absolute Gasteiger partial charge is 0.320 e. The molecule has 4 nitrogen and oxygen atoms in total. The first kappa shape index (κ1) is 16.7. The van der Waals surface area contributed by atoms with E-state index in [2.05, 4.69) is 10.6 Å². The molecular weight excluding hydrogens is 336 g/mol. The van der Waals surface area contributed by atoms with Crippen molar-refractivity contribution in [2.75, 3.05) is 10.6 Å². The highest BCUT2D eigenvalue weighted by Gasteiger charge is 2.12. The molecule has 0 bridgehead atoms. The van der Waals surface area contributed by atoms with Gasteiger partial charge in [0.1, 0.15) is 0 Å². The maximum Gasteiger partial charge on any atom is 0.255 e. The molecule has 124 valence electrons. The van der Waals surface area contributed by atoms with Crippen molar-refractivity contribution in [3.05, 3.63) is 95.0 Å². The highest BCUT2D eigenvalue weighted by Crippen LogP contribution is 2.27. The van der Waals surface area contributed by atoms with Crippen molar-refractivity contribution in [3.8, 4) is 0 Å². The van der Waals surface area contributed by atoms with Crippen molar-refractivity contribution < 1.29 is 9.59 Å². The summed E-state index contributed by atoms with van der Waals surface area (Å²) in [7, 11) is 0. The summed E-state index contributed by atoms with van der Waals surface area (Å²) < 4.78 is 0. The summed E-state index contributed by atoms with van der Waals surface area (Å²) in [6.07, 6.45) is 0. The molecule has 0 aliphatic rings. The minimum Gasteiger partial charge on any atom is -0.320 e. The smallest absolute Gasteiger partial charge is 0.255 e. The lowest BCUT2D eigenvalue weighted by atomic mass is 10.2. The van der Waals surface area contributed by atoms with Crippen molar-refractivity contribution in [1.82, 2.24) is 0 Å². The summed E-state index contributed by atoms with van der Waals surface area (Å²) in [5, 5.41) is 6.04. The Labute approximate surface area is 150 Å². The van der Waals surface area contributed by atoms with Crippen LogP contribution in [0.2, 0.25) is 5.02 Å². The van der Waals surface area contributed by atoms with E-state index in [1.807, 2.05) is 12.1 Å². The van der Waals surface area contributed by atoms with Gasteiger partial charge in [-0.1, -0.05) is 48.0 Å². The van der Waals surface area contributed by atoms with Gasteiger partial charge in [-0.25, -0.2) is 0 Å². The molecule has 0 saturated heterocycles. The number of benzene rings is 3. The zero-order valence-electron chi connectivity index (χ0n) is 13.2. The van der Waals surface area contributed by atoms with Gasteiger partial charge in [0.2, 0.25) is 0 Å². The molecule has 0 aliphatic heterocycles. The molecule has 2 amide bonds. The van der Waals surface area contributed by atoms with Crippen molar-refractivity contribution >= 4 is 34.8 Å². The molecule has 0 aliphatic carbocycles. The van der Waals surface area contributed by atoms with Crippen molar-refractivity contribution in [1.29, 1.82) is 0 Å². The Morgan fingerprint density at radius 3 is 1.64 bits per heavy atom. The van der Waals surface area contributed by atoms with Crippen LogP contribution in [0.1, 0.15) is 20.7 Å². The third-order valence-electron chi connectivity index (χ3n) is 3.55. The number of rotatable bonds is 4. The Morgan fingerprint density at radius 1 is 0.640 bits per heavy atom. The monoisotopic (exact) mass is 350 g/mol. The van der Waals surface area contributed by atoms with E-state index in [1.165, 1.54) is 0 Å². The van der Waals surface area contributed by atoms with Crippen LogP contribution in [0.25, 0.3) is 0 Å². The van der Waals surface area contributed by atoms with Gasteiger partial charge in [-0.2, -0.15) is 0 Å². The van der Waals surface area contributed by atoms with Gasteiger partial charge < -0.3 is 10.6 Å². The Morgan fingerprint density at radius 2 is 1.12 bits per heavy atom. The van der Waals surface area contributed by atoms with E-state index in [0.29, 0.717) is 27.5 Å². The predicted octanol–water partition coefficient (Wildman–Crippen LogP) is 4.84. The third kappa shape index (κ3) is 4.25. The van der Waals surface area contributed by atoms with Crippen LogP contribution in [0.4, 0.5) is 11.4 Å². The lowest BCUT2D eigenvalue weighted by molar-refractivity contribution is 0.101. The van der Waals surface area contributed by atoms with Crippen molar-refractivity contribution in [2.24, 2.45) is 0 Å². The molecular formula is C20H15ClN2O2. The second kappa shape index (κ2) is 7.64. The predicted molar refractivity (Wildman–Crippen MR) is 100 cm³/mol. The van der Waals surface area contributed by atoms with E-state index < -0.39 is 0 Å². The maximum absolute atomic E-state index is 12.4. The zero-order valence-corrected chi connectivity index (χ0v) is 14.0. The van der Waals surface area contributed by atoms with Gasteiger partial charge >= 0.3 is 0 Å². The van der Waals surface area contributed by atoms with Gasteiger partial charge in [0.25, 0.3) is 11.8 Å². The van der Waals surface area contributed by atoms with Gasteiger partial charge in [-0.05, 0) is 42.5 Å². The first-order chi connectivity index (χ1) is 12.1. The first-order valence-electron chi connectivity index (χ1n) is 7.66. The van der Waals surface area contributed by atoms with E-state index >= 15 is 0 Å². The van der Waals surface area contributed by atoms with Gasteiger partial charge in [0.05, 0.1) is 11.4 Å². The minimum absolute atomic E-state index is 0.266. The molecule has 0 aromatic heterocycles. The second-order valence-corrected chi connectivity index (χ2v) is 5.77. The summed E-state index contributed by atoms with van der Waals surface area (Å²) in [5.41, 5.74) is 1.95. The molecule has 0 fully saturated rings. The fraction of sp³-hybridized carbons (Fsp3) is 0. The fourth-order valence-corrected chi connectivity index (χ4v) is 2.47. The van der Waals surface area contributed by atoms with Crippen LogP contribution in [0, 0.1) is 0 Å². The summed E-state index contributed by atoms with van der Waals surface area (Å²) in [4.78, 5) is 24.7. The number of carbonyl (C=O) groups is 2. The highest BCUT2D eigenvalue weighted by atomic mass is 35.5. The molecule has 3 rings (SSSR count). The zero-order chi connectivity index (χ0) is 17.6. The molecule has 0 atom stereocenters. The van der Waals surface area contributed by atoms with Crippen LogP contribution >= 0.6 is 11.6 Å². The van der Waals surface area contributed by atoms with E-state index in [-0.39, 0.29) is 11.8 Å². The van der Waals surface area contributed by atoms with E-state index in [4.69, 9.17) is 11.6 Å². The summed E-state index contributed by atoms with van der Waals surface area (Å²) >= 11 is 6.04. The Bertz CT molecular complexity index is 896. The summed E-state index contributed by atoms with van der Waals surface area (Å²) in [6, 6.07) is 22.6. The number of hydrogen-bond donors (Lipinski definition) is 2. The maximum atomic E-state index is 12.4. The van der Waals surface area contributed by atoms with E-state index in [1.54, 1.807) is 66.7 Å². The Hall–Kier alpha value is -3.11. The second-order valence-electron chi connectivity index (χ2n) is 5.33. The molecule has 25 heavy (non-hydrogen) atoms. The third-order valence-corrected chi connectivity index (χ3v) is 3.79. The topological polar surface area (TPSA) is 58.2 Å². The first-order valence-corrected chi connectivity index (χ1v) is 8.03. The average Bonchev–Trinajstić information content (AvgIpc) is 2.65. The number of nitrogens with one attached hydrogen (secondary N) is 2. The Balaban J connectivity index is 1.83. The summed E-state index contributed by atoms with van der Waals surface area (Å²) in [5.74, 6) is -0.545. The lowest BCUT2D eigenvalue weighted by Gasteiger charge is -2.13. The van der Waals surface area contributed by atoms with Gasteiger partial charge in [-0.3, -0.25) is 9.59 Å². The molecule has 0 saturated carbocycles. The molecule has 5 heteroatoms. The molecule has 3 aromatic carbocycles.